The Morgan fingerprint density at radius 3 is 2.55 bits per heavy atom. The van der Waals surface area contributed by atoms with Gasteiger partial charge in [-0.15, -0.1) is 10.2 Å². The van der Waals surface area contributed by atoms with Crippen LogP contribution in [-0.4, -0.2) is 34.2 Å². The first-order valence-corrected chi connectivity index (χ1v) is 10.7. The van der Waals surface area contributed by atoms with Crippen molar-refractivity contribution in [2.24, 2.45) is 0 Å². The van der Waals surface area contributed by atoms with Crippen LogP contribution in [0.15, 0.2) is 52.9 Å². The summed E-state index contributed by atoms with van der Waals surface area (Å²) in [6, 6.07) is 14.5. The highest BCUT2D eigenvalue weighted by Crippen LogP contribution is 2.31. The van der Waals surface area contributed by atoms with E-state index in [0.717, 1.165) is 11.4 Å². The number of anilines is 3. The average Bonchev–Trinajstić information content (AvgIpc) is 3.16. The number of amides is 1. The van der Waals surface area contributed by atoms with E-state index >= 15 is 0 Å². The highest BCUT2D eigenvalue weighted by molar-refractivity contribution is 8.01. The number of aromatic nitrogens is 2. The summed E-state index contributed by atoms with van der Waals surface area (Å²) in [5.41, 5.74) is 1.81. The first-order valence-electron chi connectivity index (χ1n) is 8.91. The van der Waals surface area contributed by atoms with Gasteiger partial charge in [0.2, 0.25) is 11.0 Å². The van der Waals surface area contributed by atoms with E-state index in [2.05, 4.69) is 20.8 Å². The number of carbonyl (C=O) groups is 2. The van der Waals surface area contributed by atoms with Crippen LogP contribution in [0.4, 0.5) is 16.5 Å². The minimum absolute atomic E-state index is 0.0965. The molecule has 0 spiro atoms. The topological polar surface area (TPSA) is 93.2 Å². The molecule has 2 N–H and O–H groups in total. The maximum atomic E-state index is 12.3. The molecule has 0 atom stereocenters. The van der Waals surface area contributed by atoms with Gasteiger partial charge in [0.25, 0.3) is 0 Å². The van der Waals surface area contributed by atoms with Crippen molar-refractivity contribution in [3.05, 3.63) is 54.1 Å². The number of ketones is 1. The van der Waals surface area contributed by atoms with E-state index in [0.29, 0.717) is 27.3 Å². The summed E-state index contributed by atoms with van der Waals surface area (Å²) in [5.74, 6) is 0.592. The number of benzene rings is 2. The van der Waals surface area contributed by atoms with E-state index < -0.39 is 0 Å². The van der Waals surface area contributed by atoms with Gasteiger partial charge in [0, 0.05) is 5.56 Å². The van der Waals surface area contributed by atoms with E-state index in [1.807, 2.05) is 31.2 Å². The van der Waals surface area contributed by atoms with E-state index in [9.17, 15) is 9.59 Å². The molecule has 0 bridgehead atoms. The molecular weight excluding hydrogens is 408 g/mol. The molecule has 3 aromatic rings. The fraction of sp³-hybridized carbons (Fsp3) is 0.200. The number of nitrogens with zero attached hydrogens (tertiary/aromatic N) is 2. The Morgan fingerprint density at radius 2 is 1.79 bits per heavy atom. The normalized spacial score (nSPS) is 10.4. The zero-order valence-electron chi connectivity index (χ0n) is 16.0. The lowest BCUT2D eigenvalue weighted by atomic mass is 10.1. The Hall–Kier alpha value is -2.91. The number of carbonyl (C=O) groups excluding carboxylic acids is 2. The lowest BCUT2D eigenvalue weighted by Crippen LogP contribution is -2.16. The van der Waals surface area contributed by atoms with Crippen LogP contribution in [0.1, 0.15) is 24.2 Å². The lowest BCUT2D eigenvalue weighted by molar-refractivity contribution is -0.113. The Labute approximate surface area is 176 Å². The highest BCUT2D eigenvalue weighted by Gasteiger charge is 2.12. The predicted molar refractivity (Wildman–Crippen MR) is 117 cm³/mol. The molecule has 29 heavy (non-hydrogen) atoms. The van der Waals surface area contributed by atoms with E-state index in [-0.39, 0.29) is 17.4 Å². The van der Waals surface area contributed by atoms with Gasteiger partial charge in [-0.25, -0.2) is 0 Å². The van der Waals surface area contributed by atoms with Gasteiger partial charge >= 0.3 is 0 Å². The predicted octanol–water partition coefficient (Wildman–Crippen LogP) is 4.61. The van der Waals surface area contributed by atoms with Gasteiger partial charge < -0.3 is 15.4 Å². The van der Waals surface area contributed by atoms with Crippen molar-refractivity contribution in [1.82, 2.24) is 10.2 Å². The molecule has 7 nitrogen and oxygen atoms in total. The van der Waals surface area contributed by atoms with Gasteiger partial charge in [0.1, 0.15) is 5.75 Å². The van der Waals surface area contributed by atoms with Crippen molar-refractivity contribution in [2.45, 2.75) is 18.2 Å². The molecule has 3 rings (SSSR count). The van der Waals surface area contributed by atoms with E-state index in [1.54, 1.807) is 24.3 Å². The fourth-order valence-corrected chi connectivity index (χ4v) is 4.06. The number of rotatable bonds is 9. The summed E-state index contributed by atoms with van der Waals surface area (Å²) in [6.45, 7) is 3.97. The molecule has 150 valence electrons. The van der Waals surface area contributed by atoms with Crippen LogP contribution in [0, 0.1) is 0 Å². The molecule has 0 aliphatic carbocycles. The van der Waals surface area contributed by atoms with Gasteiger partial charge in [0.15, 0.2) is 10.1 Å². The minimum atomic E-state index is -0.213. The van der Waals surface area contributed by atoms with E-state index in [4.69, 9.17) is 4.74 Å². The Kier molecular flexibility index (Phi) is 7.20. The van der Waals surface area contributed by atoms with Crippen LogP contribution in [0.3, 0.4) is 0 Å². The minimum Gasteiger partial charge on any atom is -0.492 e. The third-order valence-electron chi connectivity index (χ3n) is 3.74. The zero-order valence-corrected chi connectivity index (χ0v) is 17.6. The third-order valence-corrected chi connectivity index (χ3v) is 5.71. The summed E-state index contributed by atoms with van der Waals surface area (Å²) < 4.78 is 6.25. The second-order valence-corrected chi connectivity index (χ2v) is 8.07. The second kappa shape index (κ2) is 10.0. The average molecular weight is 429 g/mol. The number of hydrogen-bond acceptors (Lipinski definition) is 8. The van der Waals surface area contributed by atoms with Crippen LogP contribution < -0.4 is 15.4 Å². The summed E-state index contributed by atoms with van der Waals surface area (Å²) in [4.78, 5) is 23.9. The third kappa shape index (κ3) is 5.78. The Bertz CT molecular complexity index is 1010. The van der Waals surface area contributed by atoms with Crippen molar-refractivity contribution < 1.29 is 14.3 Å². The highest BCUT2D eigenvalue weighted by atomic mass is 32.2. The molecule has 0 fully saturated rings. The molecular formula is C20H20N4O3S2. The Balaban J connectivity index is 1.57. The van der Waals surface area contributed by atoms with Gasteiger partial charge in [-0.2, -0.15) is 0 Å². The molecule has 0 radical (unpaired) electrons. The quantitative estimate of drug-likeness (QED) is 0.380. The van der Waals surface area contributed by atoms with Gasteiger partial charge in [-0.05, 0) is 38.1 Å². The molecule has 2 aromatic carbocycles. The van der Waals surface area contributed by atoms with Crippen molar-refractivity contribution in [1.29, 1.82) is 0 Å². The second-order valence-electron chi connectivity index (χ2n) is 5.87. The van der Waals surface area contributed by atoms with Gasteiger partial charge in [0.05, 0.1) is 23.7 Å². The SMILES string of the molecule is CCOc1ccccc1Nc1nnc(SCC(=O)Nc2ccccc2C(C)=O)s1. The maximum Gasteiger partial charge on any atom is 0.234 e. The van der Waals surface area contributed by atoms with Crippen LogP contribution in [0.2, 0.25) is 0 Å². The summed E-state index contributed by atoms with van der Waals surface area (Å²) in [5, 5.41) is 14.8. The van der Waals surface area contributed by atoms with Crippen molar-refractivity contribution >= 4 is 51.3 Å². The van der Waals surface area contributed by atoms with Gasteiger partial charge in [-0.3, -0.25) is 9.59 Å². The first-order chi connectivity index (χ1) is 14.1. The number of thioether (sulfide) groups is 1. The van der Waals surface area contributed by atoms with Crippen molar-refractivity contribution in [3.63, 3.8) is 0 Å². The van der Waals surface area contributed by atoms with Crippen LogP contribution in [-0.2, 0) is 4.79 Å². The molecule has 0 saturated heterocycles. The number of para-hydroxylation sites is 3. The molecule has 1 heterocycles. The smallest absolute Gasteiger partial charge is 0.234 e. The van der Waals surface area contributed by atoms with Gasteiger partial charge in [-0.1, -0.05) is 47.4 Å². The molecule has 9 heteroatoms. The molecule has 0 unspecified atom stereocenters. The number of ether oxygens (including phenoxy) is 1. The summed E-state index contributed by atoms with van der Waals surface area (Å²) in [7, 11) is 0. The lowest BCUT2D eigenvalue weighted by Gasteiger charge is -2.09. The van der Waals surface area contributed by atoms with Crippen LogP contribution in [0.25, 0.3) is 0 Å². The Morgan fingerprint density at radius 1 is 1.07 bits per heavy atom. The molecule has 0 saturated carbocycles. The number of hydrogen-bond donors (Lipinski definition) is 2. The number of Topliss-reactive ketones (excluding diaryl/α,β-unsaturated/α-hetero) is 1. The zero-order chi connectivity index (χ0) is 20.6. The summed E-state index contributed by atoms with van der Waals surface area (Å²) in [6.07, 6.45) is 0. The van der Waals surface area contributed by atoms with Crippen molar-refractivity contribution in [2.75, 3.05) is 23.0 Å². The van der Waals surface area contributed by atoms with Crippen molar-refractivity contribution in [3.8, 4) is 5.75 Å². The molecule has 0 aliphatic heterocycles. The monoisotopic (exact) mass is 428 g/mol. The largest absolute Gasteiger partial charge is 0.492 e. The molecule has 1 amide bonds. The number of nitrogens with one attached hydrogen (secondary N) is 2. The standard InChI is InChI=1S/C20H20N4O3S2/c1-3-27-17-11-7-6-10-16(17)22-19-23-24-20(29-19)28-12-18(26)21-15-9-5-4-8-14(15)13(2)25/h4-11H,3,12H2,1-2H3,(H,21,26)(H,22,23). The van der Waals surface area contributed by atoms with Crippen LogP contribution in [0.5, 0.6) is 5.75 Å². The summed E-state index contributed by atoms with van der Waals surface area (Å²) >= 11 is 2.64. The van der Waals surface area contributed by atoms with E-state index in [1.165, 1.54) is 30.0 Å². The fourth-order valence-electron chi connectivity index (χ4n) is 2.50. The maximum absolute atomic E-state index is 12.3. The first kappa shape index (κ1) is 20.8. The molecule has 0 aliphatic rings. The molecule has 1 aromatic heterocycles. The van der Waals surface area contributed by atoms with Crippen LogP contribution >= 0.6 is 23.1 Å².